The van der Waals surface area contributed by atoms with E-state index in [4.69, 9.17) is 4.74 Å². The number of amides is 1. The number of ether oxygens (including phenoxy) is 1. The maximum Gasteiger partial charge on any atom is 0.255 e. The van der Waals surface area contributed by atoms with Crippen molar-refractivity contribution in [2.24, 2.45) is 0 Å². The Bertz CT molecular complexity index is 1110. The van der Waals surface area contributed by atoms with E-state index < -0.39 is 15.9 Å². The van der Waals surface area contributed by atoms with Crippen LogP contribution in [-0.4, -0.2) is 37.0 Å². The average molecular weight is 414 g/mol. The number of imidazole rings is 1. The number of carbonyl (C=O) groups excluding carboxylic acids is 1. The molecular formula is C20H22N4O4S. The number of para-hydroxylation sites is 2. The zero-order valence-electron chi connectivity index (χ0n) is 16.3. The summed E-state index contributed by atoms with van der Waals surface area (Å²) in [5, 5.41) is 2.83. The highest BCUT2D eigenvalue weighted by atomic mass is 32.2. The Labute approximate surface area is 169 Å². The van der Waals surface area contributed by atoms with Crippen LogP contribution in [0.15, 0.2) is 66.1 Å². The molecule has 3 rings (SSSR count). The van der Waals surface area contributed by atoms with Crippen LogP contribution in [0.3, 0.4) is 0 Å². The van der Waals surface area contributed by atoms with Gasteiger partial charge in [0, 0.05) is 24.0 Å². The smallest absolute Gasteiger partial charge is 0.255 e. The number of aromatic nitrogens is 2. The molecule has 0 aliphatic rings. The van der Waals surface area contributed by atoms with Gasteiger partial charge in [0.25, 0.3) is 5.91 Å². The van der Waals surface area contributed by atoms with Gasteiger partial charge in [0.15, 0.2) is 0 Å². The fourth-order valence-corrected chi connectivity index (χ4v) is 4.25. The number of rotatable bonds is 7. The Balaban J connectivity index is 1.95. The van der Waals surface area contributed by atoms with E-state index in [1.165, 1.54) is 25.3 Å². The standard InChI is InChI=1S/C20H22N4O4S/c1-14(2)23-29(26,27)19-12-15(8-9-18(19)28-3)20(25)22-16-6-4-5-7-17(16)24-11-10-21-13-24/h4-14,23H,1-3H3,(H,22,25). The zero-order chi connectivity index (χ0) is 21.0. The second-order valence-electron chi connectivity index (χ2n) is 6.58. The molecule has 0 unspecified atom stereocenters. The minimum absolute atomic E-state index is 0.0933. The molecule has 1 aromatic heterocycles. The van der Waals surface area contributed by atoms with Gasteiger partial charge in [0.2, 0.25) is 10.0 Å². The number of methoxy groups -OCH3 is 1. The largest absolute Gasteiger partial charge is 0.495 e. The third-order valence-corrected chi connectivity index (χ3v) is 5.72. The van der Waals surface area contributed by atoms with Crippen LogP contribution in [0.1, 0.15) is 24.2 Å². The van der Waals surface area contributed by atoms with Crippen LogP contribution < -0.4 is 14.8 Å². The van der Waals surface area contributed by atoms with Crippen LogP contribution in [0.2, 0.25) is 0 Å². The van der Waals surface area contributed by atoms with E-state index in [0.29, 0.717) is 5.69 Å². The van der Waals surface area contributed by atoms with Gasteiger partial charge in [-0.1, -0.05) is 12.1 Å². The monoisotopic (exact) mass is 414 g/mol. The van der Waals surface area contributed by atoms with E-state index in [2.05, 4.69) is 15.0 Å². The molecule has 29 heavy (non-hydrogen) atoms. The summed E-state index contributed by atoms with van der Waals surface area (Å²) < 4.78 is 34.7. The summed E-state index contributed by atoms with van der Waals surface area (Å²) in [6.45, 7) is 3.43. The van der Waals surface area contributed by atoms with Gasteiger partial charge in [-0.2, -0.15) is 0 Å². The second kappa shape index (κ2) is 8.46. The fraction of sp³-hybridized carbons (Fsp3) is 0.200. The Kier molecular flexibility index (Phi) is 6.00. The highest BCUT2D eigenvalue weighted by Gasteiger charge is 2.22. The van der Waals surface area contributed by atoms with Gasteiger partial charge in [-0.05, 0) is 44.2 Å². The Hall–Kier alpha value is -3.17. The third-order valence-electron chi connectivity index (χ3n) is 4.04. The minimum atomic E-state index is -3.84. The zero-order valence-corrected chi connectivity index (χ0v) is 17.1. The van der Waals surface area contributed by atoms with Gasteiger partial charge in [-0.15, -0.1) is 0 Å². The van der Waals surface area contributed by atoms with Gasteiger partial charge in [-0.25, -0.2) is 18.1 Å². The summed E-state index contributed by atoms with van der Waals surface area (Å²) in [4.78, 5) is 16.8. The van der Waals surface area contributed by atoms with Crippen LogP contribution in [0.4, 0.5) is 5.69 Å². The molecule has 0 atom stereocenters. The summed E-state index contributed by atoms with van der Waals surface area (Å²) in [6.07, 6.45) is 5.03. The lowest BCUT2D eigenvalue weighted by Crippen LogP contribution is -2.30. The van der Waals surface area contributed by atoms with Crippen molar-refractivity contribution >= 4 is 21.6 Å². The lowest BCUT2D eigenvalue weighted by Gasteiger charge is -2.15. The molecule has 2 aromatic carbocycles. The number of hydrogen-bond acceptors (Lipinski definition) is 5. The van der Waals surface area contributed by atoms with Crippen LogP contribution >= 0.6 is 0 Å². The van der Waals surface area contributed by atoms with E-state index in [1.807, 2.05) is 12.1 Å². The normalized spacial score (nSPS) is 11.4. The van der Waals surface area contributed by atoms with Crippen LogP contribution in [0.5, 0.6) is 5.75 Å². The lowest BCUT2D eigenvalue weighted by atomic mass is 10.2. The topological polar surface area (TPSA) is 102 Å². The number of sulfonamides is 1. The van der Waals surface area contributed by atoms with E-state index in [-0.39, 0.29) is 22.3 Å². The molecule has 9 heteroatoms. The van der Waals surface area contributed by atoms with Gasteiger partial charge in [0.05, 0.1) is 24.8 Å². The van der Waals surface area contributed by atoms with Crippen molar-refractivity contribution in [3.63, 3.8) is 0 Å². The van der Waals surface area contributed by atoms with Crippen LogP contribution in [0, 0.1) is 0 Å². The lowest BCUT2D eigenvalue weighted by molar-refractivity contribution is 0.102. The Morgan fingerprint density at radius 3 is 2.59 bits per heavy atom. The minimum Gasteiger partial charge on any atom is -0.495 e. The molecule has 0 saturated heterocycles. The van der Waals surface area contributed by atoms with Gasteiger partial charge in [0.1, 0.15) is 10.6 Å². The first kappa shape index (κ1) is 20.6. The van der Waals surface area contributed by atoms with Crippen molar-refractivity contribution in [1.29, 1.82) is 0 Å². The third kappa shape index (κ3) is 4.64. The van der Waals surface area contributed by atoms with Gasteiger partial charge in [-0.3, -0.25) is 4.79 Å². The Morgan fingerprint density at radius 1 is 1.17 bits per heavy atom. The first-order valence-corrected chi connectivity index (χ1v) is 10.4. The summed E-state index contributed by atoms with van der Waals surface area (Å²) in [7, 11) is -2.46. The molecule has 2 N–H and O–H groups in total. The molecule has 152 valence electrons. The summed E-state index contributed by atoms with van der Waals surface area (Å²) in [5.41, 5.74) is 1.49. The quantitative estimate of drug-likeness (QED) is 0.619. The van der Waals surface area contributed by atoms with Crippen LogP contribution in [0.25, 0.3) is 5.69 Å². The van der Waals surface area contributed by atoms with Crippen molar-refractivity contribution in [2.75, 3.05) is 12.4 Å². The molecule has 0 aliphatic heterocycles. The van der Waals surface area contributed by atoms with Crippen LogP contribution in [-0.2, 0) is 10.0 Å². The maximum atomic E-state index is 12.8. The van der Waals surface area contributed by atoms with E-state index in [0.717, 1.165) is 5.69 Å². The molecule has 0 aliphatic carbocycles. The first-order chi connectivity index (χ1) is 13.8. The molecule has 0 radical (unpaired) electrons. The predicted molar refractivity (Wildman–Crippen MR) is 110 cm³/mol. The van der Waals surface area contributed by atoms with Gasteiger partial charge < -0.3 is 14.6 Å². The average Bonchev–Trinajstić information content (AvgIpc) is 3.21. The SMILES string of the molecule is COc1ccc(C(=O)Nc2ccccc2-n2ccnc2)cc1S(=O)(=O)NC(C)C. The van der Waals surface area contributed by atoms with Crippen molar-refractivity contribution in [2.45, 2.75) is 24.8 Å². The van der Waals surface area contributed by atoms with Crippen molar-refractivity contribution in [3.05, 3.63) is 66.7 Å². The van der Waals surface area contributed by atoms with Crippen molar-refractivity contribution in [3.8, 4) is 11.4 Å². The molecule has 0 bridgehead atoms. The highest BCUT2D eigenvalue weighted by Crippen LogP contribution is 2.26. The van der Waals surface area contributed by atoms with Crippen molar-refractivity contribution in [1.82, 2.24) is 14.3 Å². The van der Waals surface area contributed by atoms with Gasteiger partial charge >= 0.3 is 0 Å². The number of anilines is 1. The predicted octanol–water partition coefficient (Wildman–Crippen LogP) is 2.82. The van der Waals surface area contributed by atoms with Crippen molar-refractivity contribution < 1.29 is 17.9 Å². The Morgan fingerprint density at radius 2 is 1.93 bits per heavy atom. The number of hydrogen-bond donors (Lipinski definition) is 2. The maximum absolute atomic E-state index is 12.8. The molecular weight excluding hydrogens is 392 g/mol. The molecule has 3 aromatic rings. The summed E-state index contributed by atoms with van der Waals surface area (Å²) in [6, 6.07) is 11.2. The number of carbonyl (C=O) groups is 1. The summed E-state index contributed by atoms with van der Waals surface area (Å²) in [5.74, 6) is -0.283. The molecule has 0 fully saturated rings. The first-order valence-electron chi connectivity index (χ1n) is 8.91. The van der Waals surface area contributed by atoms with E-state index in [9.17, 15) is 13.2 Å². The molecule has 1 amide bonds. The molecule has 0 spiro atoms. The second-order valence-corrected chi connectivity index (χ2v) is 8.27. The molecule has 8 nitrogen and oxygen atoms in total. The van der Waals surface area contributed by atoms with E-state index in [1.54, 1.807) is 49.3 Å². The highest BCUT2D eigenvalue weighted by molar-refractivity contribution is 7.89. The number of benzene rings is 2. The molecule has 1 heterocycles. The molecule has 0 saturated carbocycles. The van der Waals surface area contributed by atoms with E-state index >= 15 is 0 Å². The number of nitrogens with zero attached hydrogens (tertiary/aromatic N) is 2. The fourth-order valence-electron chi connectivity index (χ4n) is 2.80. The number of nitrogens with one attached hydrogen (secondary N) is 2. The summed E-state index contributed by atoms with van der Waals surface area (Å²) >= 11 is 0.